The summed E-state index contributed by atoms with van der Waals surface area (Å²) < 4.78 is 4.63. The number of carbonyl (C=O) groups excluding carboxylic acids is 2. The van der Waals surface area contributed by atoms with E-state index in [-0.39, 0.29) is 23.7 Å². The molecule has 26 heavy (non-hydrogen) atoms. The topological polar surface area (TPSA) is 136 Å². The second kappa shape index (κ2) is 8.65. The van der Waals surface area contributed by atoms with Gasteiger partial charge in [0.15, 0.2) is 11.5 Å². The van der Waals surface area contributed by atoms with Crippen molar-refractivity contribution in [2.45, 2.75) is 12.5 Å². The summed E-state index contributed by atoms with van der Waals surface area (Å²) in [7, 11) is 0. The maximum Gasteiger partial charge on any atom is 0.338 e. The maximum absolute atomic E-state index is 11.9. The van der Waals surface area contributed by atoms with Crippen LogP contribution in [0.5, 0.6) is 17.2 Å². The van der Waals surface area contributed by atoms with Crippen LogP contribution in [0.15, 0.2) is 48.5 Å². The molecule has 0 radical (unpaired) electrons. The third-order valence-corrected chi connectivity index (χ3v) is 3.43. The van der Waals surface area contributed by atoms with E-state index in [9.17, 15) is 24.9 Å². The van der Waals surface area contributed by atoms with Crippen molar-refractivity contribution in [3.05, 3.63) is 59.7 Å². The highest BCUT2D eigenvalue weighted by atomic mass is 16.6. The van der Waals surface area contributed by atoms with Gasteiger partial charge in [-0.05, 0) is 41.5 Å². The van der Waals surface area contributed by atoms with Gasteiger partial charge in [-0.25, -0.2) is 9.59 Å². The first kappa shape index (κ1) is 19.0. The van der Waals surface area contributed by atoms with Crippen LogP contribution in [0.4, 0.5) is 0 Å². The zero-order valence-electron chi connectivity index (χ0n) is 13.5. The van der Waals surface area contributed by atoms with E-state index < -0.39 is 18.0 Å². The molecule has 136 valence electrons. The Morgan fingerprint density at radius 1 is 1.04 bits per heavy atom. The van der Waals surface area contributed by atoms with Crippen LogP contribution in [0.1, 0.15) is 11.1 Å². The Morgan fingerprint density at radius 2 is 1.73 bits per heavy atom. The lowest BCUT2D eigenvalue weighted by Crippen LogP contribution is -2.38. The normalized spacial score (nSPS) is 12.0. The molecule has 0 spiro atoms. The first-order valence-electron chi connectivity index (χ1n) is 7.52. The summed E-state index contributed by atoms with van der Waals surface area (Å²) in [6.45, 7) is 0. The molecule has 0 saturated carbocycles. The second-order valence-electron chi connectivity index (χ2n) is 5.37. The molecule has 2 aromatic rings. The fraction of sp³-hybridized carbons (Fsp3) is 0.111. The summed E-state index contributed by atoms with van der Waals surface area (Å²) >= 11 is 0. The van der Waals surface area contributed by atoms with Gasteiger partial charge in [0.25, 0.3) is 0 Å². The first-order valence-corrected chi connectivity index (χ1v) is 7.52. The van der Waals surface area contributed by atoms with E-state index in [2.05, 4.69) is 4.74 Å². The van der Waals surface area contributed by atoms with Crippen LogP contribution in [0, 0.1) is 0 Å². The Kier molecular flexibility index (Phi) is 6.31. The number of esters is 2. The number of ether oxygens (including phenoxy) is 1. The molecule has 8 nitrogen and oxygen atoms in total. The highest BCUT2D eigenvalue weighted by molar-refractivity contribution is 5.96. The van der Waals surface area contributed by atoms with Gasteiger partial charge in [0.1, 0.15) is 11.8 Å². The van der Waals surface area contributed by atoms with Crippen LogP contribution < -0.4 is 5.48 Å². The lowest BCUT2D eigenvalue weighted by Gasteiger charge is -2.12. The number of hydrogen-bond acceptors (Lipinski definition) is 8. The molecule has 0 bridgehead atoms. The molecule has 0 aliphatic heterocycles. The molecule has 0 unspecified atom stereocenters. The van der Waals surface area contributed by atoms with Crippen molar-refractivity contribution in [3.63, 3.8) is 0 Å². The fourth-order valence-corrected chi connectivity index (χ4v) is 2.06. The molecular formula is C18H17NO7. The maximum atomic E-state index is 11.9. The Labute approximate surface area is 148 Å². The molecular weight excluding hydrogens is 342 g/mol. The number of benzene rings is 2. The highest BCUT2D eigenvalue weighted by Gasteiger charge is 2.21. The van der Waals surface area contributed by atoms with E-state index in [0.717, 1.165) is 6.08 Å². The fourth-order valence-electron chi connectivity index (χ4n) is 2.06. The van der Waals surface area contributed by atoms with Gasteiger partial charge in [0, 0.05) is 12.5 Å². The van der Waals surface area contributed by atoms with Gasteiger partial charge in [-0.2, -0.15) is 5.48 Å². The zero-order valence-corrected chi connectivity index (χ0v) is 13.5. The third-order valence-electron chi connectivity index (χ3n) is 3.43. The second-order valence-corrected chi connectivity index (χ2v) is 5.37. The lowest BCUT2D eigenvalue weighted by molar-refractivity contribution is -0.159. The number of phenols is 3. The molecule has 0 aromatic heterocycles. The zero-order chi connectivity index (χ0) is 19.1. The molecule has 1 atom stereocenters. The first-order chi connectivity index (χ1) is 12.4. The molecule has 0 fully saturated rings. The standard InChI is InChI=1S/C18H17NO7/c20-13-5-1-11(2-6-13)9-14(19-25)18(24)26-17(23)8-4-12-3-7-15(21)16(22)10-12/h1-8,10,14,19-22,25H,9H2/t14-/m0/s1. The van der Waals surface area contributed by atoms with Crippen molar-refractivity contribution in [1.29, 1.82) is 0 Å². The number of rotatable bonds is 6. The van der Waals surface area contributed by atoms with Crippen molar-refractivity contribution < 1.29 is 34.9 Å². The summed E-state index contributed by atoms with van der Waals surface area (Å²) in [5.41, 5.74) is 2.82. The minimum absolute atomic E-state index is 0.0401. The minimum atomic E-state index is -1.17. The Hall–Kier alpha value is -3.36. The number of aromatic hydroxyl groups is 3. The van der Waals surface area contributed by atoms with E-state index in [1.165, 1.54) is 36.4 Å². The quantitative estimate of drug-likeness (QED) is 0.172. The van der Waals surface area contributed by atoms with E-state index in [1.807, 2.05) is 0 Å². The van der Waals surface area contributed by atoms with E-state index in [1.54, 1.807) is 17.6 Å². The summed E-state index contributed by atoms with van der Waals surface area (Å²) in [6.07, 6.45) is 2.30. The number of hydrogen-bond donors (Lipinski definition) is 5. The molecule has 0 heterocycles. The van der Waals surface area contributed by atoms with Crippen molar-refractivity contribution in [2.24, 2.45) is 0 Å². The largest absolute Gasteiger partial charge is 0.508 e. The monoisotopic (exact) mass is 359 g/mol. The number of hydroxylamine groups is 1. The van der Waals surface area contributed by atoms with Crippen molar-refractivity contribution >= 4 is 18.0 Å². The predicted molar refractivity (Wildman–Crippen MR) is 90.4 cm³/mol. The predicted octanol–water partition coefficient (Wildman–Crippen LogP) is 1.48. The van der Waals surface area contributed by atoms with E-state index in [4.69, 9.17) is 5.21 Å². The van der Waals surface area contributed by atoms with Crippen molar-refractivity contribution in [1.82, 2.24) is 5.48 Å². The Bertz CT molecular complexity index is 815. The molecule has 0 amide bonds. The smallest absolute Gasteiger partial charge is 0.338 e. The number of phenolic OH excluding ortho intramolecular Hbond substituents is 3. The summed E-state index contributed by atoms with van der Waals surface area (Å²) in [5, 5.41) is 36.9. The van der Waals surface area contributed by atoms with Crippen LogP contribution in [0.2, 0.25) is 0 Å². The molecule has 2 aromatic carbocycles. The summed E-state index contributed by atoms with van der Waals surface area (Å²) in [6, 6.07) is 8.72. The van der Waals surface area contributed by atoms with E-state index >= 15 is 0 Å². The molecule has 8 heteroatoms. The summed E-state index contributed by atoms with van der Waals surface area (Å²) in [5.74, 6) is -2.54. The molecule has 0 aliphatic rings. The molecule has 0 aliphatic carbocycles. The molecule has 0 saturated heterocycles. The van der Waals surface area contributed by atoms with Gasteiger partial charge >= 0.3 is 11.9 Å². The van der Waals surface area contributed by atoms with Crippen LogP contribution >= 0.6 is 0 Å². The van der Waals surface area contributed by atoms with Crippen molar-refractivity contribution in [3.8, 4) is 17.2 Å². The summed E-state index contributed by atoms with van der Waals surface area (Å²) in [4.78, 5) is 23.7. The third kappa shape index (κ3) is 5.33. The Morgan fingerprint density at radius 3 is 2.35 bits per heavy atom. The van der Waals surface area contributed by atoms with Crippen LogP contribution in [-0.4, -0.2) is 38.5 Å². The van der Waals surface area contributed by atoms with Crippen LogP contribution in [0.25, 0.3) is 6.08 Å². The van der Waals surface area contributed by atoms with Gasteiger partial charge < -0.3 is 25.3 Å². The molecule has 2 rings (SSSR count). The molecule has 5 N–H and O–H groups in total. The number of nitrogens with one attached hydrogen (secondary N) is 1. The SMILES string of the molecule is O=C(C=Cc1ccc(O)c(O)c1)OC(=O)[C@H](Cc1ccc(O)cc1)NO. The minimum Gasteiger partial charge on any atom is -0.508 e. The number of carbonyl (C=O) groups is 2. The lowest BCUT2D eigenvalue weighted by atomic mass is 10.1. The highest BCUT2D eigenvalue weighted by Crippen LogP contribution is 2.25. The Balaban J connectivity index is 1.95. The van der Waals surface area contributed by atoms with Gasteiger partial charge in [-0.3, -0.25) is 0 Å². The van der Waals surface area contributed by atoms with Crippen molar-refractivity contribution in [2.75, 3.05) is 0 Å². The average Bonchev–Trinajstić information content (AvgIpc) is 2.62. The van der Waals surface area contributed by atoms with Gasteiger partial charge in [0.2, 0.25) is 0 Å². The van der Waals surface area contributed by atoms with Crippen LogP contribution in [-0.2, 0) is 20.7 Å². The van der Waals surface area contributed by atoms with E-state index in [0.29, 0.717) is 11.1 Å². The average molecular weight is 359 g/mol. The van der Waals surface area contributed by atoms with Gasteiger partial charge in [-0.15, -0.1) is 0 Å². The van der Waals surface area contributed by atoms with Gasteiger partial charge in [-0.1, -0.05) is 18.2 Å². The van der Waals surface area contributed by atoms with Crippen LogP contribution in [0.3, 0.4) is 0 Å². The van der Waals surface area contributed by atoms with Gasteiger partial charge in [0.05, 0.1) is 0 Å².